The molecule has 0 aliphatic carbocycles. The van der Waals surface area contributed by atoms with Gasteiger partial charge in [-0.25, -0.2) is 9.18 Å². The molecule has 0 bridgehead atoms. The number of amides is 1. The molecular formula is C14H18FNO4. The van der Waals surface area contributed by atoms with Crippen LogP contribution >= 0.6 is 0 Å². The number of aliphatic carboxylic acids is 1. The van der Waals surface area contributed by atoms with Gasteiger partial charge in [0.2, 0.25) is 0 Å². The standard InChI is InChI=1S/C14H18FNO4/c1-4-8(2)12(14(18)19)16-13(17)9-5-6-10(15)11(7-9)20-3/h5-8,12H,4H2,1-3H3,(H,16,17)(H,18,19)/t8?,12-/m0/s1. The fourth-order valence-electron chi connectivity index (χ4n) is 1.71. The maximum atomic E-state index is 13.3. The number of carboxylic acid groups (broad SMARTS) is 1. The van der Waals surface area contributed by atoms with E-state index < -0.39 is 23.7 Å². The van der Waals surface area contributed by atoms with Gasteiger partial charge in [-0.05, 0) is 24.1 Å². The third kappa shape index (κ3) is 3.69. The monoisotopic (exact) mass is 283 g/mol. The largest absolute Gasteiger partial charge is 0.494 e. The molecule has 1 rings (SSSR count). The second-order valence-electron chi connectivity index (χ2n) is 4.52. The summed E-state index contributed by atoms with van der Waals surface area (Å²) in [5.74, 6) is -2.52. The average Bonchev–Trinajstić information content (AvgIpc) is 2.43. The number of ether oxygens (including phenoxy) is 1. The van der Waals surface area contributed by atoms with Crippen molar-refractivity contribution in [2.24, 2.45) is 5.92 Å². The summed E-state index contributed by atoms with van der Waals surface area (Å²) < 4.78 is 18.0. The summed E-state index contributed by atoms with van der Waals surface area (Å²) in [5.41, 5.74) is 0.151. The van der Waals surface area contributed by atoms with E-state index in [1.165, 1.54) is 19.2 Å². The molecule has 0 aliphatic heterocycles. The Balaban J connectivity index is 2.92. The number of carbonyl (C=O) groups excluding carboxylic acids is 1. The van der Waals surface area contributed by atoms with Crippen LogP contribution in [0.5, 0.6) is 5.75 Å². The maximum Gasteiger partial charge on any atom is 0.326 e. The average molecular weight is 283 g/mol. The minimum absolute atomic E-state index is 0.0620. The van der Waals surface area contributed by atoms with E-state index in [1.807, 2.05) is 6.92 Å². The summed E-state index contributed by atoms with van der Waals surface area (Å²) in [6, 6.07) is 2.64. The first-order valence-corrected chi connectivity index (χ1v) is 6.27. The number of carboxylic acids is 1. The van der Waals surface area contributed by atoms with Crippen molar-refractivity contribution >= 4 is 11.9 Å². The Hall–Kier alpha value is -2.11. The van der Waals surface area contributed by atoms with Crippen molar-refractivity contribution < 1.29 is 23.8 Å². The van der Waals surface area contributed by atoms with Gasteiger partial charge in [-0.3, -0.25) is 4.79 Å². The number of benzene rings is 1. The normalized spacial score (nSPS) is 13.4. The van der Waals surface area contributed by atoms with Crippen LogP contribution in [0.2, 0.25) is 0 Å². The van der Waals surface area contributed by atoms with E-state index in [0.717, 1.165) is 6.07 Å². The van der Waals surface area contributed by atoms with Crippen molar-refractivity contribution in [3.8, 4) is 5.75 Å². The van der Waals surface area contributed by atoms with Gasteiger partial charge < -0.3 is 15.2 Å². The molecule has 0 aromatic heterocycles. The highest BCUT2D eigenvalue weighted by atomic mass is 19.1. The van der Waals surface area contributed by atoms with Crippen LogP contribution in [0.3, 0.4) is 0 Å². The number of carbonyl (C=O) groups is 2. The van der Waals surface area contributed by atoms with E-state index >= 15 is 0 Å². The molecule has 110 valence electrons. The van der Waals surface area contributed by atoms with Crippen LogP contribution in [-0.4, -0.2) is 30.1 Å². The lowest BCUT2D eigenvalue weighted by atomic mass is 9.99. The lowest BCUT2D eigenvalue weighted by Crippen LogP contribution is -2.45. The smallest absolute Gasteiger partial charge is 0.326 e. The first-order valence-electron chi connectivity index (χ1n) is 6.27. The Bertz CT molecular complexity index is 504. The Morgan fingerprint density at radius 2 is 2.10 bits per heavy atom. The Morgan fingerprint density at radius 3 is 2.60 bits per heavy atom. The molecule has 0 saturated heterocycles. The number of methoxy groups -OCH3 is 1. The van der Waals surface area contributed by atoms with Crippen LogP contribution in [0.4, 0.5) is 4.39 Å². The lowest BCUT2D eigenvalue weighted by molar-refractivity contribution is -0.140. The van der Waals surface area contributed by atoms with Gasteiger partial charge in [-0.1, -0.05) is 20.3 Å². The number of nitrogens with one attached hydrogen (secondary N) is 1. The molecule has 1 amide bonds. The van der Waals surface area contributed by atoms with Crippen molar-refractivity contribution in [2.45, 2.75) is 26.3 Å². The molecule has 0 heterocycles. The van der Waals surface area contributed by atoms with Crippen LogP contribution < -0.4 is 10.1 Å². The fraction of sp³-hybridized carbons (Fsp3) is 0.429. The predicted octanol–water partition coefficient (Wildman–Crippen LogP) is 2.06. The number of rotatable bonds is 6. The zero-order valence-corrected chi connectivity index (χ0v) is 11.6. The van der Waals surface area contributed by atoms with Crippen molar-refractivity contribution in [1.29, 1.82) is 0 Å². The van der Waals surface area contributed by atoms with Gasteiger partial charge in [0.1, 0.15) is 6.04 Å². The second kappa shape index (κ2) is 6.88. The topological polar surface area (TPSA) is 75.6 Å². The quantitative estimate of drug-likeness (QED) is 0.838. The summed E-state index contributed by atoms with van der Waals surface area (Å²) in [5, 5.41) is 11.6. The number of hydrogen-bond donors (Lipinski definition) is 2. The highest BCUT2D eigenvalue weighted by Gasteiger charge is 2.26. The van der Waals surface area contributed by atoms with E-state index in [9.17, 15) is 14.0 Å². The van der Waals surface area contributed by atoms with Crippen molar-refractivity contribution in [2.75, 3.05) is 7.11 Å². The second-order valence-corrected chi connectivity index (χ2v) is 4.52. The SMILES string of the molecule is CCC(C)[C@H](NC(=O)c1ccc(F)c(OC)c1)C(=O)O. The highest BCUT2D eigenvalue weighted by molar-refractivity contribution is 5.97. The zero-order chi connectivity index (χ0) is 15.3. The van der Waals surface area contributed by atoms with E-state index in [-0.39, 0.29) is 17.2 Å². The van der Waals surface area contributed by atoms with Crippen molar-refractivity contribution in [1.82, 2.24) is 5.32 Å². The number of halogens is 1. The highest BCUT2D eigenvalue weighted by Crippen LogP contribution is 2.18. The predicted molar refractivity (Wildman–Crippen MR) is 71.3 cm³/mol. The van der Waals surface area contributed by atoms with E-state index in [2.05, 4.69) is 5.32 Å². The molecule has 20 heavy (non-hydrogen) atoms. The minimum Gasteiger partial charge on any atom is -0.494 e. The molecule has 2 N–H and O–H groups in total. The Morgan fingerprint density at radius 1 is 1.45 bits per heavy atom. The lowest BCUT2D eigenvalue weighted by Gasteiger charge is -2.20. The van der Waals surface area contributed by atoms with E-state index in [1.54, 1.807) is 6.92 Å². The molecule has 1 aromatic carbocycles. The Labute approximate surface area is 116 Å². The zero-order valence-electron chi connectivity index (χ0n) is 11.6. The van der Waals surface area contributed by atoms with E-state index in [4.69, 9.17) is 9.84 Å². The van der Waals surface area contributed by atoms with Crippen LogP contribution in [0.15, 0.2) is 18.2 Å². The molecule has 6 heteroatoms. The summed E-state index contributed by atoms with van der Waals surface area (Å²) >= 11 is 0. The first-order chi connectivity index (χ1) is 9.40. The van der Waals surface area contributed by atoms with Gasteiger partial charge in [-0.2, -0.15) is 0 Å². The van der Waals surface area contributed by atoms with Crippen LogP contribution in [0.25, 0.3) is 0 Å². The molecule has 1 unspecified atom stereocenters. The Kier molecular flexibility index (Phi) is 5.49. The van der Waals surface area contributed by atoms with Gasteiger partial charge in [-0.15, -0.1) is 0 Å². The summed E-state index contributed by atoms with van der Waals surface area (Å²) in [7, 11) is 1.29. The molecule has 5 nitrogen and oxygen atoms in total. The molecular weight excluding hydrogens is 265 g/mol. The molecule has 2 atom stereocenters. The summed E-state index contributed by atoms with van der Waals surface area (Å²) in [6.45, 7) is 3.58. The van der Waals surface area contributed by atoms with Gasteiger partial charge in [0.15, 0.2) is 11.6 Å². The third-order valence-electron chi connectivity index (χ3n) is 3.18. The van der Waals surface area contributed by atoms with Crippen molar-refractivity contribution in [3.05, 3.63) is 29.6 Å². The third-order valence-corrected chi connectivity index (χ3v) is 3.18. The first kappa shape index (κ1) is 15.9. The number of hydrogen-bond acceptors (Lipinski definition) is 3. The van der Waals surface area contributed by atoms with Crippen LogP contribution in [-0.2, 0) is 4.79 Å². The van der Waals surface area contributed by atoms with Gasteiger partial charge in [0.05, 0.1) is 7.11 Å². The van der Waals surface area contributed by atoms with Gasteiger partial charge in [0, 0.05) is 5.56 Å². The van der Waals surface area contributed by atoms with Crippen molar-refractivity contribution in [3.63, 3.8) is 0 Å². The van der Waals surface area contributed by atoms with Crippen LogP contribution in [0.1, 0.15) is 30.6 Å². The van der Waals surface area contributed by atoms with E-state index in [0.29, 0.717) is 6.42 Å². The molecule has 0 radical (unpaired) electrons. The van der Waals surface area contributed by atoms with Gasteiger partial charge in [0.25, 0.3) is 5.91 Å². The molecule has 1 aromatic rings. The molecule has 0 saturated carbocycles. The molecule has 0 spiro atoms. The molecule has 0 aliphatic rings. The minimum atomic E-state index is -1.10. The fourth-order valence-corrected chi connectivity index (χ4v) is 1.71. The maximum absolute atomic E-state index is 13.3. The molecule has 0 fully saturated rings. The summed E-state index contributed by atoms with van der Waals surface area (Å²) in [6.07, 6.45) is 0.615. The van der Waals surface area contributed by atoms with Crippen LogP contribution in [0, 0.1) is 11.7 Å². The van der Waals surface area contributed by atoms with Gasteiger partial charge >= 0.3 is 5.97 Å². The summed E-state index contributed by atoms with van der Waals surface area (Å²) in [4.78, 5) is 23.2.